The van der Waals surface area contributed by atoms with Gasteiger partial charge in [-0.3, -0.25) is 9.69 Å². The summed E-state index contributed by atoms with van der Waals surface area (Å²) in [5, 5.41) is 3.39. The van der Waals surface area contributed by atoms with Crippen LogP contribution in [0.15, 0.2) is 0 Å². The minimum atomic E-state index is -0.189. The lowest BCUT2D eigenvalue weighted by Crippen LogP contribution is -2.43. The quantitative estimate of drug-likeness (QED) is 0.732. The maximum absolute atomic E-state index is 11.5. The summed E-state index contributed by atoms with van der Waals surface area (Å²) in [7, 11) is 0. The van der Waals surface area contributed by atoms with E-state index >= 15 is 0 Å². The molecule has 0 amide bonds. The maximum atomic E-state index is 11.5. The number of likely N-dealkylation sites (tertiary alicyclic amines) is 1. The highest BCUT2D eigenvalue weighted by molar-refractivity contribution is 5.75. The standard InChI is InChI=1S/C13H24N2O2/c1-4-17-13(16)10(3)14-11-7-9(2)15(8-11)12-5-6-12/h9-12,14H,4-8H2,1-3H3. The van der Waals surface area contributed by atoms with E-state index in [1.54, 1.807) is 0 Å². The zero-order valence-electron chi connectivity index (χ0n) is 11.1. The van der Waals surface area contributed by atoms with Crippen LogP contribution in [0.1, 0.15) is 40.0 Å². The molecule has 0 aromatic heterocycles. The molecular formula is C13H24N2O2. The lowest BCUT2D eigenvalue weighted by molar-refractivity contribution is -0.145. The molecule has 1 saturated carbocycles. The fourth-order valence-electron chi connectivity index (χ4n) is 2.78. The summed E-state index contributed by atoms with van der Waals surface area (Å²) in [6.07, 6.45) is 3.84. The van der Waals surface area contributed by atoms with Crippen LogP contribution in [-0.2, 0) is 9.53 Å². The lowest BCUT2D eigenvalue weighted by atomic mass is 10.1. The van der Waals surface area contributed by atoms with E-state index in [0.717, 1.165) is 19.0 Å². The Bertz CT molecular complexity index is 279. The number of rotatable bonds is 5. The van der Waals surface area contributed by atoms with Crippen LogP contribution < -0.4 is 5.32 Å². The molecule has 1 N–H and O–H groups in total. The number of carbonyl (C=O) groups excluding carboxylic acids is 1. The van der Waals surface area contributed by atoms with Crippen LogP contribution in [-0.4, -0.2) is 48.2 Å². The highest BCUT2D eigenvalue weighted by Crippen LogP contribution is 2.33. The summed E-state index contributed by atoms with van der Waals surface area (Å²) in [6, 6.07) is 1.71. The van der Waals surface area contributed by atoms with Crippen molar-refractivity contribution in [1.82, 2.24) is 10.2 Å². The summed E-state index contributed by atoms with van der Waals surface area (Å²) in [4.78, 5) is 14.1. The monoisotopic (exact) mass is 240 g/mol. The number of ether oxygens (including phenoxy) is 1. The fourth-order valence-corrected chi connectivity index (χ4v) is 2.78. The van der Waals surface area contributed by atoms with E-state index in [4.69, 9.17) is 4.74 Å². The highest BCUT2D eigenvalue weighted by Gasteiger charge is 2.39. The van der Waals surface area contributed by atoms with Gasteiger partial charge < -0.3 is 10.1 Å². The second-order valence-electron chi connectivity index (χ2n) is 5.35. The van der Waals surface area contributed by atoms with Crippen LogP contribution in [0.5, 0.6) is 0 Å². The Hall–Kier alpha value is -0.610. The van der Waals surface area contributed by atoms with Gasteiger partial charge in [0.15, 0.2) is 0 Å². The zero-order chi connectivity index (χ0) is 12.4. The molecule has 0 bridgehead atoms. The lowest BCUT2D eigenvalue weighted by Gasteiger charge is -2.20. The molecule has 0 aromatic rings. The van der Waals surface area contributed by atoms with E-state index in [-0.39, 0.29) is 12.0 Å². The van der Waals surface area contributed by atoms with Gasteiger partial charge in [0.2, 0.25) is 0 Å². The number of esters is 1. The SMILES string of the molecule is CCOC(=O)C(C)NC1CC(C)N(C2CC2)C1. The largest absolute Gasteiger partial charge is 0.465 e. The summed E-state index contributed by atoms with van der Waals surface area (Å²) in [6.45, 7) is 7.56. The number of nitrogens with one attached hydrogen (secondary N) is 1. The van der Waals surface area contributed by atoms with Crippen molar-refractivity contribution in [3.63, 3.8) is 0 Å². The molecule has 1 aliphatic carbocycles. The Morgan fingerprint density at radius 1 is 1.53 bits per heavy atom. The Labute approximate surface area is 104 Å². The number of nitrogens with zero attached hydrogens (tertiary/aromatic N) is 1. The Morgan fingerprint density at radius 2 is 2.24 bits per heavy atom. The minimum absolute atomic E-state index is 0.134. The van der Waals surface area contributed by atoms with Gasteiger partial charge in [-0.2, -0.15) is 0 Å². The molecule has 2 fully saturated rings. The smallest absolute Gasteiger partial charge is 0.322 e. The first-order valence-corrected chi connectivity index (χ1v) is 6.80. The normalized spacial score (nSPS) is 31.5. The fraction of sp³-hybridized carbons (Fsp3) is 0.923. The first-order chi connectivity index (χ1) is 8.11. The summed E-state index contributed by atoms with van der Waals surface area (Å²) in [5.74, 6) is -0.134. The van der Waals surface area contributed by atoms with Crippen molar-refractivity contribution in [2.75, 3.05) is 13.2 Å². The first kappa shape index (κ1) is 12.8. The molecule has 17 heavy (non-hydrogen) atoms. The van der Waals surface area contributed by atoms with Crippen molar-refractivity contribution in [2.45, 2.75) is 64.2 Å². The Balaban J connectivity index is 1.78. The predicted octanol–water partition coefficient (Wildman–Crippen LogP) is 1.15. The molecule has 4 heteroatoms. The van der Waals surface area contributed by atoms with E-state index in [1.807, 2.05) is 13.8 Å². The van der Waals surface area contributed by atoms with Crippen LogP contribution in [0.4, 0.5) is 0 Å². The highest BCUT2D eigenvalue weighted by atomic mass is 16.5. The summed E-state index contributed by atoms with van der Waals surface area (Å²) in [5.41, 5.74) is 0. The van der Waals surface area contributed by atoms with E-state index in [2.05, 4.69) is 17.1 Å². The summed E-state index contributed by atoms with van der Waals surface area (Å²) >= 11 is 0. The van der Waals surface area contributed by atoms with Gasteiger partial charge in [-0.15, -0.1) is 0 Å². The van der Waals surface area contributed by atoms with Crippen molar-refractivity contribution in [3.05, 3.63) is 0 Å². The molecule has 0 radical (unpaired) electrons. The molecule has 1 aliphatic heterocycles. The average Bonchev–Trinajstić information content (AvgIpc) is 3.04. The van der Waals surface area contributed by atoms with Crippen LogP contribution >= 0.6 is 0 Å². The number of hydrogen-bond acceptors (Lipinski definition) is 4. The van der Waals surface area contributed by atoms with Gasteiger partial charge >= 0.3 is 5.97 Å². The number of hydrogen-bond donors (Lipinski definition) is 1. The first-order valence-electron chi connectivity index (χ1n) is 6.80. The molecule has 0 spiro atoms. The minimum Gasteiger partial charge on any atom is -0.465 e. The number of carbonyl (C=O) groups is 1. The molecular weight excluding hydrogens is 216 g/mol. The zero-order valence-corrected chi connectivity index (χ0v) is 11.1. The molecule has 2 rings (SSSR count). The van der Waals surface area contributed by atoms with Gasteiger partial charge in [-0.05, 0) is 40.0 Å². The molecule has 1 saturated heterocycles. The van der Waals surface area contributed by atoms with Crippen LogP contribution in [0.3, 0.4) is 0 Å². The average molecular weight is 240 g/mol. The van der Waals surface area contributed by atoms with E-state index < -0.39 is 0 Å². The molecule has 3 atom stereocenters. The van der Waals surface area contributed by atoms with E-state index in [0.29, 0.717) is 18.7 Å². The molecule has 3 unspecified atom stereocenters. The van der Waals surface area contributed by atoms with Crippen molar-refractivity contribution in [3.8, 4) is 0 Å². The van der Waals surface area contributed by atoms with Crippen molar-refractivity contribution < 1.29 is 9.53 Å². The van der Waals surface area contributed by atoms with E-state index in [1.165, 1.54) is 12.8 Å². The van der Waals surface area contributed by atoms with Gasteiger partial charge in [-0.1, -0.05) is 0 Å². The van der Waals surface area contributed by atoms with Crippen molar-refractivity contribution >= 4 is 5.97 Å². The molecule has 4 nitrogen and oxygen atoms in total. The Morgan fingerprint density at radius 3 is 2.82 bits per heavy atom. The molecule has 1 heterocycles. The Kier molecular flexibility index (Phi) is 4.05. The third kappa shape index (κ3) is 3.19. The van der Waals surface area contributed by atoms with Crippen LogP contribution in [0.2, 0.25) is 0 Å². The van der Waals surface area contributed by atoms with E-state index in [9.17, 15) is 4.79 Å². The van der Waals surface area contributed by atoms with Crippen LogP contribution in [0.25, 0.3) is 0 Å². The molecule has 0 aromatic carbocycles. The van der Waals surface area contributed by atoms with Crippen LogP contribution in [0, 0.1) is 0 Å². The summed E-state index contributed by atoms with van der Waals surface area (Å²) < 4.78 is 5.01. The van der Waals surface area contributed by atoms with Gasteiger partial charge in [0.25, 0.3) is 0 Å². The topological polar surface area (TPSA) is 41.6 Å². The second kappa shape index (κ2) is 5.36. The second-order valence-corrected chi connectivity index (χ2v) is 5.35. The van der Waals surface area contributed by atoms with Crippen molar-refractivity contribution in [1.29, 1.82) is 0 Å². The maximum Gasteiger partial charge on any atom is 0.322 e. The van der Waals surface area contributed by atoms with Gasteiger partial charge in [0, 0.05) is 24.7 Å². The molecule has 98 valence electrons. The van der Waals surface area contributed by atoms with Gasteiger partial charge in [-0.25, -0.2) is 0 Å². The third-order valence-corrected chi connectivity index (χ3v) is 3.76. The predicted molar refractivity (Wildman–Crippen MR) is 66.8 cm³/mol. The van der Waals surface area contributed by atoms with Gasteiger partial charge in [0.1, 0.15) is 6.04 Å². The molecule has 2 aliphatic rings. The van der Waals surface area contributed by atoms with Crippen molar-refractivity contribution in [2.24, 2.45) is 0 Å². The van der Waals surface area contributed by atoms with Gasteiger partial charge in [0.05, 0.1) is 6.61 Å². The third-order valence-electron chi connectivity index (χ3n) is 3.76.